The minimum absolute atomic E-state index is 0.0101. The highest BCUT2D eigenvalue weighted by Crippen LogP contribution is 2.37. The second-order valence-corrected chi connectivity index (χ2v) is 7.56. The molecule has 0 fully saturated rings. The van der Waals surface area contributed by atoms with Gasteiger partial charge in [0.05, 0.1) is 21.4 Å². The second kappa shape index (κ2) is 8.70. The van der Waals surface area contributed by atoms with Gasteiger partial charge in [-0.25, -0.2) is 0 Å². The minimum Gasteiger partial charge on any atom is -0.481 e. The lowest BCUT2D eigenvalue weighted by molar-refractivity contribution is -0.138. The summed E-state index contributed by atoms with van der Waals surface area (Å²) in [6, 6.07) is 2.01. The van der Waals surface area contributed by atoms with Gasteiger partial charge in [0.15, 0.2) is 0 Å². The first-order valence-electron chi connectivity index (χ1n) is 6.20. The Morgan fingerprint density at radius 2 is 1.86 bits per heavy atom. The van der Waals surface area contributed by atoms with E-state index in [-0.39, 0.29) is 18.7 Å². The number of hydrogen-bond donors (Lipinski definition) is 2. The number of rotatable bonds is 6. The van der Waals surface area contributed by atoms with E-state index in [1.165, 1.54) is 0 Å². The van der Waals surface area contributed by atoms with E-state index >= 15 is 0 Å². The summed E-state index contributed by atoms with van der Waals surface area (Å²) in [5, 5.41) is 11.9. The highest BCUT2D eigenvalue weighted by atomic mass is 127. The molecule has 1 aromatic carbocycles. The highest BCUT2D eigenvalue weighted by Gasteiger charge is 2.22. The minimum atomic E-state index is -0.956. The summed E-state index contributed by atoms with van der Waals surface area (Å²) in [6.45, 7) is 2.40. The molecule has 0 radical (unpaired) electrons. The smallest absolute Gasteiger partial charge is 0.303 e. The van der Waals surface area contributed by atoms with Crippen molar-refractivity contribution in [3.05, 3.63) is 16.8 Å². The number of carbonyl (C=O) groups excluding carboxylic acids is 1. The molecule has 0 aliphatic rings. The van der Waals surface area contributed by atoms with Crippen LogP contribution in [0, 0.1) is 10.7 Å². The van der Waals surface area contributed by atoms with Crippen molar-refractivity contribution in [3.8, 4) is 0 Å². The molecule has 0 bridgehead atoms. The van der Waals surface area contributed by atoms with Gasteiger partial charge in [0.2, 0.25) is 5.91 Å². The maximum absolute atomic E-state index is 12.3. The van der Waals surface area contributed by atoms with Gasteiger partial charge in [0.25, 0.3) is 0 Å². The molecule has 0 unspecified atom stereocenters. The molecule has 0 aliphatic heterocycles. The van der Waals surface area contributed by atoms with Crippen LogP contribution < -0.4 is 10.2 Å². The van der Waals surface area contributed by atoms with Gasteiger partial charge in [0, 0.05) is 27.2 Å². The molecule has 0 aliphatic carbocycles. The van der Waals surface area contributed by atoms with Crippen LogP contribution in [0.25, 0.3) is 0 Å². The Hall–Kier alpha value is 0.150. The van der Waals surface area contributed by atoms with Gasteiger partial charge in [0.1, 0.15) is 0 Å². The summed E-state index contributed by atoms with van der Waals surface area (Å²) >= 11 is 6.69. The summed E-state index contributed by atoms with van der Waals surface area (Å²) in [7, 11) is 1.85. The number of nitrogens with one attached hydrogen (secondary N) is 1. The SMILES string of the molecule is CCN(C(=O)CCC(=O)O)c1c(I)cc(I)c(NC)c1I. The van der Waals surface area contributed by atoms with Crippen LogP contribution >= 0.6 is 67.8 Å². The van der Waals surface area contributed by atoms with Gasteiger partial charge in [-0.2, -0.15) is 0 Å². The third-order valence-corrected chi connectivity index (χ3v) is 5.56. The number of hydrogen-bond acceptors (Lipinski definition) is 3. The molecule has 0 heterocycles. The third-order valence-electron chi connectivity index (χ3n) is 2.84. The fourth-order valence-electron chi connectivity index (χ4n) is 1.86. The van der Waals surface area contributed by atoms with E-state index in [9.17, 15) is 9.59 Å². The van der Waals surface area contributed by atoms with Crippen molar-refractivity contribution in [1.29, 1.82) is 0 Å². The van der Waals surface area contributed by atoms with Gasteiger partial charge >= 0.3 is 5.97 Å². The summed E-state index contributed by atoms with van der Waals surface area (Å²) in [5.74, 6) is -1.12. The van der Waals surface area contributed by atoms with Gasteiger partial charge in [-0.15, -0.1) is 0 Å². The number of halogens is 3. The summed E-state index contributed by atoms with van der Waals surface area (Å²) < 4.78 is 3.03. The molecular weight excluding hydrogens is 613 g/mol. The zero-order valence-corrected chi connectivity index (χ0v) is 18.0. The van der Waals surface area contributed by atoms with Crippen LogP contribution in [0.2, 0.25) is 0 Å². The zero-order chi connectivity index (χ0) is 16.2. The van der Waals surface area contributed by atoms with Crippen LogP contribution in [0.15, 0.2) is 6.07 Å². The normalized spacial score (nSPS) is 10.3. The number of anilines is 2. The molecule has 1 rings (SSSR count). The Labute approximate surface area is 164 Å². The van der Waals surface area contributed by atoms with Gasteiger partial charge in [-0.1, -0.05) is 0 Å². The lowest BCUT2D eigenvalue weighted by atomic mass is 10.2. The molecule has 0 aromatic heterocycles. The van der Waals surface area contributed by atoms with E-state index in [0.717, 1.165) is 22.1 Å². The summed E-state index contributed by atoms with van der Waals surface area (Å²) in [6.07, 6.45) is -0.137. The number of carbonyl (C=O) groups is 2. The Kier molecular flexibility index (Phi) is 7.95. The first kappa shape index (κ1) is 19.2. The Morgan fingerprint density at radius 1 is 1.24 bits per heavy atom. The molecule has 8 heteroatoms. The molecule has 0 atom stereocenters. The molecule has 1 amide bonds. The average molecular weight is 628 g/mol. The molecule has 5 nitrogen and oxygen atoms in total. The van der Waals surface area contributed by atoms with Crippen molar-refractivity contribution < 1.29 is 14.7 Å². The van der Waals surface area contributed by atoms with Gasteiger partial charge in [-0.3, -0.25) is 9.59 Å². The molecule has 21 heavy (non-hydrogen) atoms. The zero-order valence-electron chi connectivity index (χ0n) is 11.5. The Bertz CT molecular complexity index is 564. The molecule has 0 saturated heterocycles. The van der Waals surface area contributed by atoms with Crippen LogP contribution in [0.3, 0.4) is 0 Å². The van der Waals surface area contributed by atoms with Gasteiger partial charge in [-0.05, 0) is 80.8 Å². The maximum Gasteiger partial charge on any atom is 0.303 e. The molecule has 0 saturated carbocycles. The number of amides is 1. The number of carboxylic acid groups (broad SMARTS) is 1. The number of nitrogens with zero attached hydrogens (tertiary/aromatic N) is 1. The largest absolute Gasteiger partial charge is 0.481 e. The molecule has 0 spiro atoms. The number of carboxylic acids is 1. The predicted molar refractivity (Wildman–Crippen MR) is 109 cm³/mol. The van der Waals surface area contributed by atoms with E-state index < -0.39 is 5.97 Å². The van der Waals surface area contributed by atoms with Crippen molar-refractivity contribution in [2.45, 2.75) is 19.8 Å². The van der Waals surface area contributed by atoms with Crippen LogP contribution in [0.4, 0.5) is 11.4 Å². The molecule has 2 N–H and O–H groups in total. The van der Waals surface area contributed by atoms with Crippen molar-refractivity contribution in [1.82, 2.24) is 0 Å². The monoisotopic (exact) mass is 628 g/mol. The molecule has 1 aromatic rings. The standard InChI is InChI=1S/C13H15I3N2O3/c1-3-18(9(19)4-5-10(20)21)13-8(15)6-7(14)12(17-2)11(13)16/h6,17H,3-5H2,1-2H3,(H,20,21). The van der Waals surface area contributed by atoms with Crippen molar-refractivity contribution in [3.63, 3.8) is 0 Å². The summed E-state index contributed by atoms with van der Waals surface area (Å²) in [4.78, 5) is 24.6. The van der Waals surface area contributed by atoms with Gasteiger partial charge < -0.3 is 15.3 Å². The number of aliphatic carboxylic acids is 1. The lowest BCUT2D eigenvalue weighted by Gasteiger charge is -2.25. The maximum atomic E-state index is 12.3. The topological polar surface area (TPSA) is 69.6 Å². The van der Waals surface area contributed by atoms with Crippen LogP contribution in [-0.2, 0) is 9.59 Å². The first-order valence-corrected chi connectivity index (χ1v) is 9.44. The van der Waals surface area contributed by atoms with E-state index in [1.54, 1.807) is 4.90 Å². The number of benzene rings is 1. The van der Waals surface area contributed by atoms with Crippen LogP contribution in [0.5, 0.6) is 0 Å². The fraction of sp³-hybridized carbons (Fsp3) is 0.385. The van der Waals surface area contributed by atoms with Crippen molar-refractivity contribution >= 4 is 91.0 Å². The van der Waals surface area contributed by atoms with Crippen LogP contribution in [0.1, 0.15) is 19.8 Å². The quantitative estimate of drug-likeness (QED) is 0.472. The summed E-state index contributed by atoms with van der Waals surface area (Å²) in [5.41, 5.74) is 1.83. The molecule has 116 valence electrons. The van der Waals surface area contributed by atoms with E-state index in [2.05, 4.69) is 73.1 Å². The van der Waals surface area contributed by atoms with Crippen molar-refractivity contribution in [2.24, 2.45) is 0 Å². The fourth-order valence-corrected chi connectivity index (χ4v) is 6.36. The van der Waals surface area contributed by atoms with Crippen molar-refractivity contribution in [2.75, 3.05) is 23.8 Å². The second-order valence-electron chi connectivity index (χ2n) is 4.16. The van der Waals surface area contributed by atoms with E-state index in [0.29, 0.717) is 6.54 Å². The average Bonchev–Trinajstić information content (AvgIpc) is 2.40. The lowest BCUT2D eigenvalue weighted by Crippen LogP contribution is -2.32. The van der Waals surface area contributed by atoms with E-state index in [1.807, 2.05) is 20.0 Å². The molecular formula is C13H15I3N2O3. The highest BCUT2D eigenvalue weighted by molar-refractivity contribution is 14.1. The first-order chi connectivity index (χ1) is 9.83. The predicted octanol–water partition coefficient (Wildman–Crippen LogP) is 3.76. The van der Waals surface area contributed by atoms with Crippen LogP contribution in [-0.4, -0.2) is 30.6 Å². The third kappa shape index (κ3) is 4.81. The van der Waals surface area contributed by atoms with E-state index in [4.69, 9.17) is 5.11 Å². The Balaban J connectivity index is 3.22. The Morgan fingerprint density at radius 3 is 2.33 bits per heavy atom.